The van der Waals surface area contributed by atoms with Crippen LogP contribution in [0, 0.1) is 0 Å². The number of ether oxygens (including phenoxy) is 1. The molecule has 1 amide bonds. The van der Waals surface area contributed by atoms with Crippen LogP contribution in [0.3, 0.4) is 0 Å². The van der Waals surface area contributed by atoms with E-state index in [0.29, 0.717) is 24.7 Å². The minimum absolute atomic E-state index is 0.328. The monoisotopic (exact) mass is 297 g/mol. The first-order valence-corrected chi connectivity index (χ1v) is 7.98. The van der Waals surface area contributed by atoms with Gasteiger partial charge >= 0.3 is 6.09 Å². The van der Waals surface area contributed by atoms with Crippen molar-refractivity contribution in [3.63, 3.8) is 0 Å². The van der Waals surface area contributed by atoms with Crippen molar-refractivity contribution < 1.29 is 13.7 Å². The second-order valence-corrected chi connectivity index (χ2v) is 7.00. The molecule has 0 fully saturated rings. The van der Waals surface area contributed by atoms with Gasteiger partial charge in [0.2, 0.25) is 5.16 Å². The van der Waals surface area contributed by atoms with E-state index in [2.05, 4.69) is 9.97 Å². The SMILES string of the molecule is C[S@](=O)c1ncc2c(n1)CCN(C(=O)OC(C)(C)C)C2. The number of amides is 1. The predicted molar refractivity (Wildman–Crippen MR) is 74.7 cm³/mol. The van der Waals surface area contributed by atoms with Gasteiger partial charge in [0.25, 0.3) is 0 Å². The molecule has 1 aliphatic rings. The number of fused-ring (bicyclic) bond motifs is 1. The molecule has 2 rings (SSSR count). The molecule has 0 radical (unpaired) electrons. The molecule has 7 heteroatoms. The molecule has 1 aromatic rings. The highest BCUT2D eigenvalue weighted by molar-refractivity contribution is 7.84. The third kappa shape index (κ3) is 3.53. The van der Waals surface area contributed by atoms with Gasteiger partial charge in [0.1, 0.15) is 5.60 Å². The second-order valence-electron chi connectivity index (χ2n) is 5.73. The Morgan fingerprint density at radius 2 is 2.15 bits per heavy atom. The van der Waals surface area contributed by atoms with Gasteiger partial charge in [0.05, 0.1) is 23.0 Å². The zero-order chi connectivity index (χ0) is 14.9. The van der Waals surface area contributed by atoms with Crippen molar-refractivity contribution in [1.82, 2.24) is 14.9 Å². The molecule has 6 nitrogen and oxygen atoms in total. The maximum absolute atomic E-state index is 12.0. The van der Waals surface area contributed by atoms with Crippen LogP contribution in [0.25, 0.3) is 0 Å². The van der Waals surface area contributed by atoms with Gasteiger partial charge in [0, 0.05) is 31.0 Å². The molecule has 0 aromatic carbocycles. The first-order valence-electron chi connectivity index (χ1n) is 6.42. The lowest BCUT2D eigenvalue weighted by atomic mass is 10.1. The topological polar surface area (TPSA) is 72.4 Å². The fourth-order valence-electron chi connectivity index (χ4n) is 1.92. The maximum atomic E-state index is 12.0. The Labute approximate surface area is 121 Å². The molecule has 1 aliphatic heterocycles. The van der Waals surface area contributed by atoms with Crippen LogP contribution in [-0.2, 0) is 28.5 Å². The summed E-state index contributed by atoms with van der Waals surface area (Å²) in [7, 11) is -1.19. The van der Waals surface area contributed by atoms with Crippen LogP contribution >= 0.6 is 0 Å². The summed E-state index contributed by atoms with van der Waals surface area (Å²) in [5.74, 6) is 0. The highest BCUT2D eigenvalue weighted by Crippen LogP contribution is 2.19. The summed E-state index contributed by atoms with van der Waals surface area (Å²) in [6, 6.07) is 0. The molecule has 2 heterocycles. The van der Waals surface area contributed by atoms with Crippen LogP contribution in [0.1, 0.15) is 32.0 Å². The minimum atomic E-state index is -1.19. The number of nitrogens with zero attached hydrogens (tertiary/aromatic N) is 3. The van der Waals surface area contributed by atoms with Crippen LogP contribution in [0.4, 0.5) is 4.79 Å². The molecule has 0 saturated carbocycles. The third-order valence-electron chi connectivity index (χ3n) is 2.82. The molecular weight excluding hydrogens is 278 g/mol. The summed E-state index contributed by atoms with van der Waals surface area (Å²) in [6.07, 6.45) is 3.50. The Kier molecular flexibility index (Phi) is 4.08. The van der Waals surface area contributed by atoms with Crippen LogP contribution < -0.4 is 0 Å². The van der Waals surface area contributed by atoms with Crippen molar-refractivity contribution in [3.05, 3.63) is 17.5 Å². The average Bonchev–Trinajstić information content (AvgIpc) is 2.35. The van der Waals surface area contributed by atoms with Crippen LogP contribution in [0.15, 0.2) is 11.4 Å². The summed E-state index contributed by atoms with van der Waals surface area (Å²) in [5, 5.41) is 0.342. The van der Waals surface area contributed by atoms with Crippen molar-refractivity contribution >= 4 is 16.9 Å². The average molecular weight is 297 g/mol. The summed E-state index contributed by atoms with van der Waals surface area (Å²) in [6.45, 7) is 6.51. The van der Waals surface area contributed by atoms with E-state index in [0.717, 1.165) is 11.3 Å². The first-order chi connectivity index (χ1) is 9.26. The summed E-state index contributed by atoms with van der Waals surface area (Å²) in [4.78, 5) is 22.0. The lowest BCUT2D eigenvalue weighted by Gasteiger charge is -2.30. The lowest BCUT2D eigenvalue weighted by Crippen LogP contribution is -2.40. The van der Waals surface area contributed by atoms with Gasteiger partial charge in [-0.1, -0.05) is 0 Å². The standard InChI is InChI=1S/C13H19N3O3S/c1-13(2,3)19-12(17)16-6-5-10-9(8-16)7-14-11(15-10)20(4)18/h7H,5-6,8H2,1-4H3/t20-/m0/s1. The Hall–Kier alpha value is -1.50. The summed E-state index contributed by atoms with van der Waals surface area (Å²) in [5.41, 5.74) is 1.25. The van der Waals surface area contributed by atoms with E-state index in [1.54, 1.807) is 17.4 Å². The Balaban J connectivity index is 2.12. The quantitative estimate of drug-likeness (QED) is 0.735. The predicted octanol–water partition coefficient (Wildman–Crippen LogP) is 1.51. The van der Waals surface area contributed by atoms with E-state index in [-0.39, 0.29) is 6.09 Å². The van der Waals surface area contributed by atoms with Gasteiger partial charge in [-0.05, 0) is 20.8 Å². The normalized spacial score (nSPS) is 16.5. The van der Waals surface area contributed by atoms with E-state index in [1.807, 2.05) is 20.8 Å². The lowest BCUT2D eigenvalue weighted by molar-refractivity contribution is 0.0222. The molecule has 1 atom stereocenters. The molecule has 20 heavy (non-hydrogen) atoms. The molecule has 1 aromatic heterocycles. The fraction of sp³-hybridized carbons (Fsp3) is 0.615. The van der Waals surface area contributed by atoms with Crippen molar-refractivity contribution in [3.8, 4) is 0 Å². The zero-order valence-corrected chi connectivity index (χ0v) is 13.0. The summed E-state index contributed by atoms with van der Waals surface area (Å²) < 4.78 is 16.7. The maximum Gasteiger partial charge on any atom is 0.410 e. The number of hydrogen-bond acceptors (Lipinski definition) is 5. The molecule has 0 spiro atoms. The molecule has 0 saturated heterocycles. The number of carbonyl (C=O) groups is 1. The molecule has 0 N–H and O–H groups in total. The largest absolute Gasteiger partial charge is 0.444 e. The van der Waals surface area contributed by atoms with E-state index >= 15 is 0 Å². The molecule has 0 unspecified atom stereocenters. The van der Waals surface area contributed by atoms with Crippen molar-refractivity contribution in [1.29, 1.82) is 0 Å². The number of carbonyl (C=O) groups excluding carboxylic acids is 1. The highest BCUT2D eigenvalue weighted by Gasteiger charge is 2.26. The van der Waals surface area contributed by atoms with Gasteiger partial charge in [0.15, 0.2) is 0 Å². The highest BCUT2D eigenvalue weighted by atomic mass is 32.2. The molecular formula is C13H19N3O3S. The van der Waals surface area contributed by atoms with E-state index in [9.17, 15) is 9.00 Å². The first kappa shape index (κ1) is 14.9. The third-order valence-corrected chi connectivity index (χ3v) is 3.53. The number of rotatable bonds is 1. The van der Waals surface area contributed by atoms with E-state index in [4.69, 9.17) is 4.74 Å². The smallest absolute Gasteiger partial charge is 0.410 e. The van der Waals surface area contributed by atoms with Gasteiger partial charge in [-0.15, -0.1) is 0 Å². The van der Waals surface area contributed by atoms with Crippen LogP contribution in [0.5, 0.6) is 0 Å². The van der Waals surface area contributed by atoms with Crippen molar-refractivity contribution in [2.24, 2.45) is 0 Å². The van der Waals surface area contributed by atoms with Gasteiger partial charge in [-0.2, -0.15) is 0 Å². The number of aromatic nitrogens is 2. The van der Waals surface area contributed by atoms with Gasteiger partial charge < -0.3 is 9.64 Å². The molecule has 0 aliphatic carbocycles. The zero-order valence-electron chi connectivity index (χ0n) is 12.2. The van der Waals surface area contributed by atoms with Crippen LogP contribution in [-0.4, -0.2) is 43.6 Å². The summed E-state index contributed by atoms with van der Waals surface area (Å²) >= 11 is 0. The molecule has 110 valence electrons. The minimum Gasteiger partial charge on any atom is -0.444 e. The Bertz CT molecular complexity index is 554. The Morgan fingerprint density at radius 1 is 1.45 bits per heavy atom. The second kappa shape index (κ2) is 5.47. The van der Waals surface area contributed by atoms with Crippen molar-refractivity contribution in [2.45, 2.75) is 44.5 Å². The fourth-order valence-corrected chi connectivity index (χ4v) is 2.36. The Morgan fingerprint density at radius 3 is 2.75 bits per heavy atom. The van der Waals surface area contributed by atoms with Crippen molar-refractivity contribution in [2.75, 3.05) is 12.8 Å². The molecule has 0 bridgehead atoms. The van der Waals surface area contributed by atoms with Gasteiger partial charge in [-0.25, -0.2) is 14.8 Å². The van der Waals surface area contributed by atoms with Crippen LogP contribution in [0.2, 0.25) is 0 Å². The van der Waals surface area contributed by atoms with E-state index in [1.165, 1.54) is 0 Å². The van der Waals surface area contributed by atoms with E-state index < -0.39 is 16.4 Å². The van der Waals surface area contributed by atoms with Gasteiger partial charge in [-0.3, -0.25) is 4.21 Å². The number of hydrogen-bond donors (Lipinski definition) is 0.